The lowest BCUT2D eigenvalue weighted by atomic mass is 9.99. The first-order valence-corrected chi connectivity index (χ1v) is 10.4. The molecule has 1 aromatic rings. The fraction of sp³-hybridized carbons (Fsp3) is 0.538. The highest BCUT2D eigenvalue weighted by atomic mass is 32.2. The molecule has 1 aromatic carbocycles. The van der Waals surface area contributed by atoms with Crippen LogP contribution in [0.15, 0.2) is 24.3 Å². The highest BCUT2D eigenvalue weighted by molar-refractivity contribution is 7.92. The second kappa shape index (κ2) is 6.53. The molecular formula is C13H21N3O4S2. The van der Waals surface area contributed by atoms with Gasteiger partial charge < -0.3 is 0 Å². The molecule has 0 amide bonds. The number of para-hydroxylation sites is 1. The van der Waals surface area contributed by atoms with Crippen LogP contribution in [-0.4, -0.2) is 36.2 Å². The van der Waals surface area contributed by atoms with Gasteiger partial charge in [-0.05, 0) is 24.5 Å². The van der Waals surface area contributed by atoms with Gasteiger partial charge in [-0.3, -0.25) is 4.31 Å². The predicted octanol–water partition coefficient (Wildman–Crippen LogP) is 0.731. The third kappa shape index (κ3) is 3.97. The molecule has 22 heavy (non-hydrogen) atoms. The van der Waals surface area contributed by atoms with Crippen LogP contribution >= 0.6 is 0 Å². The second-order valence-corrected chi connectivity index (χ2v) is 8.69. The smallest absolute Gasteiger partial charge is 0.270 e. The lowest BCUT2D eigenvalue weighted by Gasteiger charge is -2.34. The number of rotatable bonds is 6. The van der Waals surface area contributed by atoms with Gasteiger partial charge in [-0.15, -0.1) is 0 Å². The van der Waals surface area contributed by atoms with Gasteiger partial charge in [0.05, 0.1) is 18.0 Å². The second-order valence-electron chi connectivity index (χ2n) is 5.25. The fourth-order valence-corrected chi connectivity index (χ4v) is 4.60. The molecule has 124 valence electrons. The molecule has 0 saturated heterocycles. The molecule has 1 atom stereocenters. The van der Waals surface area contributed by atoms with Crippen LogP contribution in [0.4, 0.5) is 5.69 Å². The van der Waals surface area contributed by atoms with Gasteiger partial charge in [0.1, 0.15) is 0 Å². The van der Waals surface area contributed by atoms with Crippen molar-refractivity contribution in [2.24, 2.45) is 0 Å². The van der Waals surface area contributed by atoms with Gasteiger partial charge in [-0.1, -0.05) is 25.1 Å². The highest BCUT2D eigenvalue weighted by Gasteiger charge is 2.31. The van der Waals surface area contributed by atoms with E-state index in [0.29, 0.717) is 30.6 Å². The van der Waals surface area contributed by atoms with Gasteiger partial charge in [-0.25, -0.2) is 13.1 Å². The van der Waals surface area contributed by atoms with Crippen LogP contribution in [0.2, 0.25) is 0 Å². The van der Waals surface area contributed by atoms with Crippen LogP contribution < -0.4 is 13.7 Å². The summed E-state index contributed by atoms with van der Waals surface area (Å²) in [5, 5.41) is 0. The molecule has 9 heteroatoms. The first-order chi connectivity index (χ1) is 10.2. The highest BCUT2D eigenvalue weighted by Crippen LogP contribution is 2.35. The number of anilines is 1. The van der Waals surface area contributed by atoms with Crippen LogP contribution in [-0.2, 0) is 20.2 Å². The van der Waals surface area contributed by atoms with Gasteiger partial charge in [0, 0.05) is 13.1 Å². The Bertz CT molecular complexity index is 731. The lowest BCUT2D eigenvalue weighted by molar-refractivity contribution is 0.521. The van der Waals surface area contributed by atoms with E-state index in [1.165, 1.54) is 4.31 Å². The minimum atomic E-state index is -3.61. The van der Waals surface area contributed by atoms with Crippen molar-refractivity contribution in [2.75, 3.05) is 23.7 Å². The Labute approximate surface area is 131 Å². The van der Waals surface area contributed by atoms with Crippen molar-refractivity contribution in [2.45, 2.75) is 25.8 Å². The van der Waals surface area contributed by atoms with Crippen molar-refractivity contribution in [3.63, 3.8) is 0 Å². The van der Waals surface area contributed by atoms with Gasteiger partial charge in [0.15, 0.2) is 0 Å². The lowest BCUT2D eigenvalue weighted by Crippen LogP contribution is -2.44. The molecule has 0 aliphatic carbocycles. The summed E-state index contributed by atoms with van der Waals surface area (Å²) in [6, 6.07) is 6.51. The Morgan fingerprint density at radius 2 is 1.91 bits per heavy atom. The number of nitrogens with zero attached hydrogens (tertiary/aromatic N) is 1. The van der Waals surface area contributed by atoms with Crippen molar-refractivity contribution >= 4 is 25.9 Å². The van der Waals surface area contributed by atoms with Crippen molar-refractivity contribution in [1.82, 2.24) is 9.44 Å². The average Bonchev–Trinajstić information content (AvgIpc) is 2.44. The molecular weight excluding hydrogens is 326 g/mol. The number of fused-ring (bicyclic) bond motifs is 1. The van der Waals surface area contributed by atoms with E-state index in [1.807, 2.05) is 6.92 Å². The van der Waals surface area contributed by atoms with E-state index in [-0.39, 0.29) is 6.54 Å². The molecule has 0 aromatic heterocycles. The molecule has 0 spiro atoms. The Morgan fingerprint density at radius 3 is 2.55 bits per heavy atom. The number of sulfonamides is 1. The largest absolute Gasteiger partial charge is 0.277 e. The van der Waals surface area contributed by atoms with E-state index >= 15 is 0 Å². The molecule has 1 heterocycles. The topological polar surface area (TPSA) is 95.6 Å². The van der Waals surface area contributed by atoms with E-state index < -0.39 is 26.3 Å². The fourth-order valence-electron chi connectivity index (χ4n) is 2.46. The Morgan fingerprint density at radius 1 is 1.23 bits per heavy atom. The van der Waals surface area contributed by atoms with Crippen molar-refractivity contribution < 1.29 is 16.8 Å². The van der Waals surface area contributed by atoms with Crippen LogP contribution in [0.1, 0.15) is 31.4 Å². The number of benzene rings is 1. The zero-order valence-electron chi connectivity index (χ0n) is 12.6. The number of hydrogen-bond acceptors (Lipinski definition) is 4. The van der Waals surface area contributed by atoms with E-state index in [2.05, 4.69) is 9.44 Å². The van der Waals surface area contributed by atoms with Crippen molar-refractivity contribution in [1.29, 1.82) is 0 Å². The van der Waals surface area contributed by atoms with Crippen LogP contribution in [0.25, 0.3) is 0 Å². The normalized spacial score (nSPS) is 19.0. The number of nitrogens with one attached hydrogen (secondary N) is 2. The minimum Gasteiger partial charge on any atom is -0.270 e. The molecule has 0 bridgehead atoms. The third-order valence-corrected chi connectivity index (χ3v) is 5.80. The first kappa shape index (κ1) is 17.2. The van der Waals surface area contributed by atoms with Crippen LogP contribution in [0.5, 0.6) is 0 Å². The van der Waals surface area contributed by atoms with Gasteiger partial charge in [-0.2, -0.15) is 13.1 Å². The summed E-state index contributed by atoms with van der Waals surface area (Å²) in [6.07, 6.45) is 2.23. The third-order valence-electron chi connectivity index (χ3n) is 3.44. The summed E-state index contributed by atoms with van der Waals surface area (Å²) < 4.78 is 54.1. The monoisotopic (exact) mass is 347 g/mol. The molecule has 0 fully saturated rings. The maximum absolute atomic E-state index is 12.0. The summed E-state index contributed by atoms with van der Waals surface area (Å²) in [5.74, 6) is 0. The molecule has 1 aliphatic heterocycles. The van der Waals surface area contributed by atoms with Crippen molar-refractivity contribution in [3.05, 3.63) is 29.8 Å². The molecule has 1 unspecified atom stereocenters. The maximum atomic E-state index is 12.0. The van der Waals surface area contributed by atoms with E-state index in [9.17, 15) is 16.8 Å². The molecule has 1 aliphatic rings. The Kier molecular flexibility index (Phi) is 5.10. The summed E-state index contributed by atoms with van der Waals surface area (Å²) in [4.78, 5) is 0. The van der Waals surface area contributed by atoms with E-state index in [4.69, 9.17) is 0 Å². The maximum Gasteiger partial charge on any atom is 0.277 e. The van der Waals surface area contributed by atoms with Crippen LogP contribution in [0.3, 0.4) is 0 Å². The summed E-state index contributed by atoms with van der Waals surface area (Å²) in [6.45, 7) is 2.48. The summed E-state index contributed by atoms with van der Waals surface area (Å²) in [7, 11) is -6.99. The van der Waals surface area contributed by atoms with Gasteiger partial charge in [0.2, 0.25) is 10.0 Å². The predicted molar refractivity (Wildman–Crippen MR) is 86.3 cm³/mol. The zero-order chi connectivity index (χ0) is 16.4. The molecule has 0 saturated carbocycles. The zero-order valence-corrected chi connectivity index (χ0v) is 14.2. The Balaban J connectivity index is 2.29. The molecule has 2 rings (SSSR count). The quantitative estimate of drug-likeness (QED) is 0.793. The summed E-state index contributed by atoms with van der Waals surface area (Å²) in [5.41, 5.74) is 1.19. The van der Waals surface area contributed by atoms with E-state index in [0.717, 1.165) is 6.26 Å². The van der Waals surface area contributed by atoms with Crippen molar-refractivity contribution in [3.8, 4) is 0 Å². The average molecular weight is 347 g/mol. The van der Waals surface area contributed by atoms with E-state index in [1.54, 1.807) is 24.3 Å². The SMILES string of the molecule is CCCNS(=O)(=O)NC1CCN(S(C)(=O)=O)c2ccccc21. The summed E-state index contributed by atoms with van der Waals surface area (Å²) >= 11 is 0. The molecule has 2 N–H and O–H groups in total. The Hall–Kier alpha value is -1.16. The standard InChI is InChI=1S/C13H21N3O4S2/c1-3-9-14-22(19,20)15-12-8-10-16(21(2,17)18)13-7-5-4-6-11(12)13/h4-7,12,14-15H,3,8-10H2,1-2H3. The van der Waals surface area contributed by atoms with Crippen LogP contribution in [0, 0.1) is 0 Å². The van der Waals surface area contributed by atoms with Gasteiger partial charge in [0.25, 0.3) is 10.2 Å². The number of hydrogen-bond donors (Lipinski definition) is 2. The van der Waals surface area contributed by atoms with Gasteiger partial charge >= 0.3 is 0 Å². The molecule has 0 radical (unpaired) electrons. The minimum absolute atomic E-state index is 0.247. The first-order valence-electron chi connectivity index (χ1n) is 7.08. The molecule has 7 nitrogen and oxygen atoms in total.